The van der Waals surface area contributed by atoms with E-state index in [0.717, 1.165) is 56.1 Å². The first-order chi connectivity index (χ1) is 13.3. The van der Waals surface area contributed by atoms with Crippen molar-refractivity contribution in [3.8, 4) is 0 Å². The number of carbonyl (C=O) groups is 1. The van der Waals surface area contributed by atoms with Gasteiger partial charge in [0.15, 0.2) is 6.29 Å². The Bertz CT molecular complexity index is 756. The lowest BCUT2D eigenvalue weighted by Crippen LogP contribution is -2.56. The van der Waals surface area contributed by atoms with Crippen LogP contribution in [0, 0.1) is 0 Å². The molecule has 2 aromatic heterocycles. The summed E-state index contributed by atoms with van der Waals surface area (Å²) in [4.78, 5) is 22.7. The zero-order valence-electron chi connectivity index (χ0n) is 15.4. The highest BCUT2D eigenvalue weighted by atomic mass is 16.1. The Labute approximate surface area is 159 Å². The van der Waals surface area contributed by atoms with Crippen molar-refractivity contribution >= 4 is 23.6 Å². The van der Waals surface area contributed by atoms with Crippen molar-refractivity contribution < 1.29 is 4.79 Å². The minimum atomic E-state index is 0.0440. The third-order valence-electron chi connectivity index (χ3n) is 5.24. The maximum atomic E-state index is 11.5. The van der Waals surface area contributed by atoms with Crippen LogP contribution in [-0.2, 0) is 0 Å². The minimum Gasteiger partial charge on any atom is -0.382 e. The van der Waals surface area contributed by atoms with Crippen LogP contribution in [0.5, 0.6) is 0 Å². The molecule has 1 saturated heterocycles. The van der Waals surface area contributed by atoms with Crippen LogP contribution >= 0.6 is 0 Å². The third kappa shape index (κ3) is 4.09. The summed E-state index contributed by atoms with van der Waals surface area (Å²) in [5, 5.41) is 10.5. The molecule has 1 saturated carbocycles. The topological polar surface area (TPSA) is 82.2 Å². The molecule has 0 bridgehead atoms. The Morgan fingerprint density at radius 3 is 2.74 bits per heavy atom. The van der Waals surface area contributed by atoms with Gasteiger partial charge < -0.3 is 10.6 Å². The molecule has 3 N–H and O–H groups in total. The van der Waals surface area contributed by atoms with Crippen molar-refractivity contribution in [3.63, 3.8) is 0 Å². The Balaban J connectivity index is 1.69. The van der Waals surface area contributed by atoms with Gasteiger partial charge in [0.2, 0.25) is 0 Å². The number of piperazine rings is 1. The Morgan fingerprint density at radius 2 is 2.04 bits per heavy atom. The summed E-state index contributed by atoms with van der Waals surface area (Å²) in [6.45, 7) is 2.62. The maximum absolute atomic E-state index is 11.5. The second kappa shape index (κ2) is 8.45. The van der Waals surface area contributed by atoms with Crippen molar-refractivity contribution in [1.29, 1.82) is 0 Å². The highest BCUT2D eigenvalue weighted by Crippen LogP contribution is 2.29. The molecule has 1 unspecified atom stereocenters. The molecule has 2 aliphatic rings. The molecule has 2 fully saturated rings. The number of pyridine rings is 2. The summed E-state index contributed by atoms with van der Waals surface area (Å²) in [5.74, 6) is 1.61. The number of carbonyl (C=O) groups excluding carboxylic acids is 1. The van der Waals surface area contributed by atoms with Crippen LogP contribution < -0.4 is 20.9 Å². The van der Waals surface area contributed by atoms with E-state index in [1.165, 1.54) is 12.8 Å². The summed E-state index contributed by atoms with van der Waals surface area (Å²) >= 11 is 0. The van der Waals surface area contributed by atoms with Crippen LogP contribution in [0.15, 0.2) is 36.7 Å². The predicted octanol–water partition coefficient (Wildman–Crippen LogP) is 2.30. The molecule has 4 rings (SSSR count). The first kappa shape index (κ1) is 17.9. The van der Waals surface area contributed by atoms with Crippen LogP contribution in [0.25, 0.3) is 0 Å². The fourth-order valence-electron chi connectivity index (χ4n) is 3.85. The number of rotatable bonds is 6. The highest BCUT2D eigenvalue weighted by molar-refractivity contribution is 5.85. The van der Waals surface area contributed by atoms with E-state index in [1.807, 2.05) is 24.3 Å². The van der Waals surface area contributed by atoms with Crippen LogP contribution in [0.4, 0.5) is 17.3 Å². The van der Waals surface area contributed by atoms with E-state index >= 15 is 0 Å². The lowest BCUT2D eigenvalue weighted by atomic mass is 10.2. The van der Waals surface area contributed by atoms with Crippen molar-refractivity contribution in [3.05, 3.63) is 42.2 Å². The molecule has 0 amide bonds. The number of nitrogens with one attached hydrogen (secondary N) is 3. The lowest BCUT2D eigenvalue weighted by molar-refractivity contribution is 0.112. The zero-order valence-corrected chi connectivity index (χ0v) is 15.4. The van der Waals surface area contributed by atoms with Crippen molar-refractivity contribution in [2.24, 2.45) is 0 Å². The van der Waals surface area contributed by atoms with Crippen LogP contribution in [0.1, 0.15) is 36.0 Å². The van der Waals surface area contributed by atoms with E-state index in [-0.39, 0.29) is 6.17 Å². The number of aldehydes is 1. The van der Waals surface area contributed by atoms with Gasteiger partial charge in [-0.2, -0.15) is 0 Å². The van der Waals surface area contributed by atoms with Gasteiger partial charge in [-0.15, -0.1) is 0 Å². The summed E-state index contributed by atoms with van der Waals surface area (Å²) < 4.78 is 0. The second-order valence-corrected chi connectivity index (χ2v) is 7.11. The van der Waals surface area contributed by atoms with E-state index in [2.05, 4.69) is 30.8 Å². The molecule has 7 nitrogen and oxygen atoms in total. The van der Waals surface area contributed by atoms with E-state index in [4.69, 9.17) is 0 Å². The molecular weight excluding hydrogens is 340 g/mol. The summed E-state index contributed by atoms with van der Waals surface area (Å²) in [5.41, 5.74) is 1.45. The van der Waals surface area contributed by atoms with Crippen molar-refractivity contribution in [2.45, 2.75) is 37.9 Å². The van der Waals surface area contributed by atoms with Gasteiger partial charge in [0.1, 0.15) is 17.8 Å². The molecule has 1 aliphatic carbocycles. The fraction of sp³-hybridized carbons (Fsp3) is 0.450. The number of nitrogens with zero attached hydrogens (tertiary/aromatic N) is 3. The molecule has 142 valence electrons. The van der Waals surface area contributed by atoms with E-state index in [1.54, 1.807) is 12.4 Å². The standard InChI is InChI=1S/C20H26N6O/c27-14-15-12-24-19(11-17(15)25-16-5-1-2-6-16)26(18-7-3-4-8-22-18)20-13-21-9-10-23-20/h3-4,7-8,11-12,14,16,20-21,23H,1-2,5-6,9-10,13H2,(H,24,25). The number of aromatic nitrogens is 2. The average molecular weight is 366 g/mol. The smallest absolute Gasteiger partial charge is 0.153 e. The summed E-state index contributed by atoms with van der Waals surface area (Å²) in [6, 6.07) is 8.27. The molecule has 0 spiro atoms. The number of hydrogen-bond acceptors (Lipinski definition) is 7. The van der Waals surface area contributed by atoms with E-state index in [9.17, 15) is 4.79 Å². The molecule has 0 aromatic carbocycles. The first-order valence-corrected chi connectivity index (χ1v) is 9.71. The molecule has 27 heavy (non-hydrogen) atoms. The summed E-state index contributed by atoms with van der Waals surface area (Å²) in [6.07, 6.45) is 9.14. The van der Waals surface area contributed by atoms with E-state index < -0.39 is 0 Å². The van der Waals surface area contributed by atoms with Gasteiger partial charge in [0.25, 0.3) is 0 Å². The lowest BCUT2D eigenvalue weighted by Gasteiger charge is -2.35. The molecule has 3 heterocycles. The van der Waals surface area contributed by atoms with Gasteiger partial charge >= 0.3 is 0 Å². The SMILES string of the molecule is O=Cc1cnc(N(c2ccccn2)C2CNCCN2)cc1NC1CCCC1. The van der Waals surface area contributed by atoms with E-state index in [0.29, 0.717) is 11.6 Å². The first-order valence-electron chi connectivity index (χ1n) is 9.71. The van der Waals surface area contributed by atoms with Gasteiger partial charge in [-0.05, 0) is 25.0 Å². The third-order valence-corrected chi connectivity index (χ3v) is 5.24. The van der Waals surface area contributed by atoms with Crippen molar-refractivity contribution in [2.75, 3.05) is 29.9 Å². The number of anilines is 3. The monoisotopic (exact) mass is 366 g/mol. The Morgan fingerprint density at radius 1 is 1.15 bits per heavy atom. The molecule has 1 atom stereocenters. The minimum absolute atomic E-state index is 0.0440. The van der Waals surface area contributed by atoms with Crippen molar-refractivity contribution in [1.82, 2.24) is 20.6 Å². The van der Waals surface area contributed by atoms with Gasteiger partial charge in [-0.3, -0.25) is 15.0 Å². The largest absolute Gasteiger partial charge is 0.382 e. The van der Waals surface area contributed by atoms with Crippen LogP contribution in [-0.4, -0.2) is 48.1 Å². The quantitative estimate of drug-likeness (QED) is 0.677. The molecule has 7 heteroatoms. The molecule has 2 aromatic rings. The zero-order chi connectivity index (χ0) is 18.5. The normalized spacial score (nSPS) is 20.4. The predicted molar refractivity (Wildman–Crippen MR) is 107 cm³/mol. The summed E-state index contributed by atoms with van der Waals surface area (Å²) in [7, 11) is 0. The maximum Gasteiger partial charge on any atom is 0.153 e. The molecule has 1 aliphatic heterocycles. The van der Waals surface area contributed by atoms with Gasteiger partial charge in [-0.1, -0.05) is 18.9 Å². The second-order valence-electron chi connectivity index (χ2n) is 7.11. The Hall–Kier alpha value is -2.51. The highest BCUT2D eigenvalue weighted by Gasteiger charge is 2.25. The van der Waals surface area contributed by atoms with Gasteiger partial charge in [0, 0.05) is 44.1 Å². The molecule has 0 radical (unpaired) electrons. The molecular formula is C20H26N6O. The van der Waals surface area contributed by atoms with Gasteiger partial charge in [0.05, 0.1) is 11.3 Å². The fourth-order valence-corrected chi connectivity index (χ4v) is 3.85. The van der Waals surface area contributed by atoms with Crippen LogP contribution in [0.2, 0.25) is 0 Å². The average Bonchev–Trinajstić information content (AvgIpc) is 3.23. The van der Waals surface area contributed by atoms with Gasteiger partial charge in [-0.25, -0.2) is 9.97 Å². The Kier molecular flexibility index (Phi) is 5.60. The van der Waals surface area contributed by atoms with Crippen LogP contribution in [0.3, 0.4) is 0 Å². The number of hydrogen-bond donors (Lipinski definition) is 3.